The molecule has 3 rings (SSSR count). The van der Waals surface area contributed by atoms with Gasteiger partial charge < -0.3 is 10.6 Å². The summed E-state index contributed by atoms with van der Waals surface area (Å²) in [7, 11) is 0. The summed E-state index contributed by atoms with van der Waals surface area (Å²) in [5, 5.41) is 11.1. The number of rotatable bonds is 3. The monoisotopic (exact) mass is 290 g/mol. The molecule has 1 aliphatic heterocycles. The smallest absolute Gasteiger partial charge is 0.272 e. The maximum absolute atomic E-state index is 12.1. The third-order valence-corrected chi connectivity index (χ3v) is 3.53. The summed E-state index contributed by atoms with van der Waals surface area (Å²) in [6, 6.07) is 9.24. The summed E-state index contributed by atoms with van der Waals surface area (Å²) in [5.41, 5.74) is 1.25. The molecule has 1 atom stereocenters. The van der Waals surface area contributed by atoms with Crippen LogP contribution in [0.25, 0.3) is 5.69 Å². The number of carbonyl (C=O) groups excluding carboxylic acids is 1. The Bertz CT molecular complexity index is 619. The molecule has 1 fully saturated rings. The molecular formula is C14H15ClN4O. The molecule has 2 aromatic rings. The number of halogens is 1. The van der Waals surface area contributed by atoms with E-state index in [1.807, 2.05) is 12.1 Å². The standard InChI is InChI=1S/C14H15ClN4O/c15-10-2-1-3-12(8-10)19-7-5-13(18-19)14(20)17-11-4-6-16-9-11/h1-3,5,7-8,11,16H,4,6,9H2,(H,17,20). The summed E-state index contributed by atoms with van der Waals surface area (Å²) in [5.74, 6) is -0.139. The van der Waals surface area contributed by atoms with E-state index in [0.717, 1.165) is 25.2 Å². The summed E-state index contributed by atoms with van der Waals surface area (Å²) in [6.45, 7) is 1.77. The molecule has 104 valence electrons. The van der Waals surface area contributed by atoms with Gasteiger partial charge in [0.05, 0.1) is 5.69 Å². The number of nitrogens with zero attached hydrogens (tertiary/aromatic N) is 2. The van der Waals surface area contributed by atoms with Crippen molar-refractivity contribution in [1.82, 2.24) is 20.4 Å². The molecule has 1 amide bonds. The molecule has 1 aromatic heterocycles. The van der Waals surface area contributed by atoms with Crippen LogP contribution in [0.4, 0.5) is 0 Å². The quantitative estimate of drug-likeness (QED) is 0.903. The lowest BCUT2D eigenvalue weighted by Crippen LogP contribution is -2.36. The van der Waals surface area contributed by atoms with Gasteiger partial charge in [-0.2, -0.15) is 5.10 Å². The maximum atomic E-state index is 12.1. The second-order valence-corrected chi connectivity index (χ2v) is 5.23. The molecule has 2 heterocycles. The summed E-state index contributed by atoms with van der Waals surface area (Å²) < 4.78 is 1.65. The number of nitrogens with one attached hydrogen (secondary N) is 2. The highest BCUT2D eigenvalue weighted by Crippen LogP contribution is 2.14. The number of hydrogen-bond donors (Lipinski definition) is 2. The lowest BCUT2D eigenvalue weighted by atomic mass is 10.2. The molecule has 0 saturated carbocycles. The number of aromatic nitrogens is 2. The van der Waals surface area contributed by atoms with Crippen LogP contribution in [-0.4, -0.2) is 34.8 Å². The zero-order valence-electron chi connectivity index (χ0n) is 10.8. The van der Waals surface area contributed by atoms with Gasteiger partial charge in [0, 0.05) is 23.8 Å². The lowest BCUT2D eigenvalue weighted by Gasteiger charge is -2.09. The number of hydrogen-bond acceptors (Lipinski definition) is 3. The van der Waals surface area contributed by atoms with Gasteiger partial charge in [0.1, 0.15) is 0 Å². The van der Waals surface area contributed by atoms with E-state index in [2.05, 4.69) is 15.7 Å². The normalized spacial score (nSPS) is 18.1. The first-order chi connectivity index (χ1) is 9.72. The predicted octanol–water partition coefficient (Wildman–Crippen LogP) is 1.62. The van der Waals surface area contributed by atoms with E-state index >= 15 is 0 Å². The molecule has 1 aromatic carbocycles. The van der Waals surface area contributed by atoms with Gasteiger partial charge in [-0.15, -0.1) is 0 Å². The van der Waals surface area contributed by atoms with Crippen LogP contribution >= 0.6 is 11.6 Å². The Morgan fingerprint density at radius 3 is 3.10 bits per heavy atom. The highest BCUT2D eigenvalue weighted by molar-refractivity contribution is 6.30. The first kappa shape index (κ1) is 13.1. The minimum Gasteiger partial charge on any atom is -0.347 e. The SMILES string of the molecule is O=C(NC1CCNC1)c1ccn(-c2cccc(Cl)c2)n1. The van der Waals surface area contributed by atoms with Crippen LogP contribution in [0.1, 0.15) is 16.9 Å². The molecule has 5 nitrogen and oxygen atoms in total. The molecule has 0 spiro atoms. The zero-order chi connectivity index (χ0) is 13.9. The van der Waals surface area contributed by atoms with Crippen LogP contribution in [0.5, 0.6) is 0 Å². The van der Waals surface area contributed by atoms with Crippen molar-refractivity contribution in [2.75, 3.05) is 13.1 Å². The first-order valence-electron chi connectivity index (χ1n) is 6.55. The molecule has 1 unspecified atom stereocenters. The molecule has 0 bridgehead atoms. The average molecular weight is 291 g/mol. The van der Waals surface area contributed by atoms with Gasteiger partial charge in [-0.3, -0.25) is 4.79 Å². The highest BCUT2D eigenvalue weighted by atomic mass is 35.5. The van der Waals surface area contributed by atoms with Gasteiger partial charge >= 0.3 is 0 Å². The lowest BCUT2D eigenvalue weighted by molar-refractivity contribution is 0.0934. The van der Waals surface area contributed by atoms with Crippen LogP contribution in [-0.2, 0) is 0 Å². The highest BCUT2D eigenvalue weighted by Gasteiger charge is 2.19. The van der Waals surface area contributed by atoms with Crippen molar-refractivity contribution in [2.45, 2.75) is 12.5 Å². The molecule has 2 N–H and O–H groups in total. The Morgan fingerprint density at radius 2 is 2.35 bits per heavy atom. The van der Waals surface area contributed by atoms with E-state index in [-0.39, 0.29) is 11.9 Å². The minimum absolute atomic E-state index is 0.139. The van der Waals surface area contributed by atoms with Crippen LogP contribution in [0.3, 0.4) is 0 Å². The van der Waals surface area contributed by atoms with Crippen molar-refractivity contribution in [1.29, 1.82) is 0 Å². The fourth-order valence-electron chi connectivity index (χ4n) is 2.24. The Labute approximate surface area is 121 Å². The van der Waals surface area contributed by atoms with Gasteiger partial charge in [-0.1, -0.05) is 17.7 Å². The average Bonchev–Trinajstić information content (AvgIpc) is 3.09. The summed E-state index contributed by atoms with van der Waals surface area (Å²) in [4.78, 5) is 12.1. The number of benzene rings is 1. The summed E-state index contributed by atoms with van der Waals surface area (Å²) >= 11 is 5.95. The van der Waals surface area contributed by atoms with Crippen molar-refractivity contribution in [3.05, 3.63) is 47.2 Å². The van der Waals surface area contributed by atoms with E-state index in [9.17, 15) is 4.79 Å². The van der Waals surface area contributed by atoms with Gasteiger partial charge in [-0.25, -0.2) is 4.68 Å². The van der Waals surface area contributed by atoms with Gasteiger partial charge in [-0.05, 0) is 37.2 Å². The fourth-order valence-corrected chi connectivity index (χ4v) is 2.43. The van der Waals surface area contributed by atoms with Crippen molar-refractivity contribution >= 4 is 17.5 Å². The molecule has 20 heavy (non-hydrogen) atoms. The van der Waals surface area contributed by atoms with E-state index in [1.165, 1.54) is 0 Å². The van der Waals surface area contributed by atoms with Crippen LogP contribution in [0, 0.1) is 0 Å². The maximum Gasteiger partial charge on any atom is 0.272 e. The molecule has 1 aliphatic rings. The summed E-state index contributed by atoms with van der Waals surface area (Å²) in [6.07, 6.45) is 2.72. The first-order valence-corrected chi connectivity index (χ1v) is 6.93. The predicted molar refractivity (Wildman–Crippen MR) is 77.3 cm³/mol. The number of amides is 1. The van der Waals surface area contributed by atoms with Crippen molar-refractivity contribution in [3.63, 3.8) is 0 Å². The Balaban J connectivity index is 1.74. The third kappa shape index (κ3) is 2.84. The van der Waals surface area contributed by atoms with Gasteiger partial charge in [0.15, 0.2) is 5.69 Å². The topological polar surface area (TPSA) is 59.0 Å². The largest absolute Gasteiger partial charge is 0.347 e. The second-order valence-electron chi connectivity index (χ2n) is 4.79. The van der Waals surface area contributed by atoms with E-state index in [4.69, 9.17) is 11.6 Å². The fraction of sp³-hybridized carbons (Fsp3) is 0.286. The molecule has 6 heteroatoms. The Morgan fingerprint density at radius 1 is 1.45 bits per heavy atom. The zero-order valence-corrected chi connectivity index (χ0v) is 11.6. The van der Waals surface area contributed by atoms with Crippen LogP contribution in [0.15, 0.2) is 36.5 Å². The minimum atomic E-state index is -0.139. The van der Waals surface area contributed by atoms with E-state index < -0.39 is 0 Å². The van der Waals surface area contributed by atoms with Gasteiger partial charge in [0.25, 0.3) is 5.91 Å². The Hall–Kier alpha value is -1.85. The van der Waals surface area contributed by atoms with E-state index in [0.29, 0.717) is 10.7 Å². The van der Waals surface area contributed by atoms with Gasteiger partial charge in [0.2, 0.25) is 0 Å². The Kier molecular flexibility index (Phi) is 3.71. The number of carbonyl (C=O) groups is 1. The molecule has 1 saturated heterocycles. The van der Waals surface area contributed by atoms with Crippen molar-refractivity contribution in [2.24, 2.45) is 0 Å². The molecular weight excluding hydrogens is 276 g/mol. The van der Waals surface area contributed by atoms with E-state index in [1.54, 1.807) is 29.1 Å². The second kappa shape index (κ2) is 5.64. The van der Waals surface area contributed by atoms with Crippen LogP contribution in [0.2, 0.25) is 5.02 Å². The third-order valence-electron chi connectivity index (χ3n) is 3.29. The van der Waals surface area contributed by atoms with Crippen molar-refractivity contribution < 1.29 is 4.79 Å². The molecule has 0 radical (unpaired) electrons. The van der Waals surface area contributed by atoms with Crippen molar-refractivity contribution in [3.8, 4) is 5.69 Å². The molecule has 0 aliphatic carbocycles. The van der Waals surface area contributed by atoms with Crippen LogP contribution < -0.4 is 10.6 Å².